The molecule has 31 heavy (non-hydrogen) atoms. The lowest BCUT2D eigenvalue weighted by molar-refractivity contribution is -0.140. The SMILES string of the molecule is CCC(C)NC(=O)C(C)N(Cc1ccc(Br)cc1)C(=O)CCc1ccc2c(c1)OCO2. The molecule has 0 radical (unpaired) electrons. The van der Waals surface area contributed by atoms with Crippen molar-refractivity contribution >= 4 is 27.7 Å². The van der Waals surface area contributed by atoms with Crippen molar-refractivity contribution in [2.24, 2.45) is 0 Å². The molecule has 1 heterocycles. The van der Waals surface area contributed by atoms with Crippen LogP contribution in [-0.2, 0) is 22.6 Å². The first-order valence-corrected chi connectivity index (χ1v) is 11.4. The normalized spacial score (nSPS) is 14.1. The molecule has 0 bridgehead atoms. The van der Waals surface area contributed by atoms with Gasteiger partial charge >= 0.3 is 0 Å². The van der Waals surface area contributed by atoms with Gasteiger partial charge < -0.3 is 19.7 Å². The van der Waals surface area contributed by atoms with Gasteiger partial charge in [0.05, 0.1) is 0 Å². The lowest BCUT2D eigenvalue weighted by Crippen LogP contribution is -2.49. The molecule has 2 aromatic carbocycles. The average molecular weight is 489 g/mol. The van der Waals surface area contributed by atoms with Crippen molar-refractivity contribution in [3.05, 3.63) is 58.1 Å². The van der Waals surface area contributed by atoms with Crippen LogP contribution >= 0.6 is 15.9 Å². The zero-order valence-corrected chi connectivity index (χ0v) is 19.8. The van der Waals surface area contributed by atoms with E-state index in [1.165, 1.54) is 0 Å². The second-order valence-corrected chi connectivity index (χ2v) is 8.75. The zero-order chi connectivity index (χ0) is 22.4. The largest absolute Gasteiger partial charge is 0.454 e. The first-order chi connectivity index (χ1) is 14.9. The third-order valence-electron chi connectivity index (χ3n) is 5.50. The summed E-state index contributed by atoms with van der Waals surface area (Å²) in [5, 5.41) is 2.99. The summed E-state index contributed by atoms with van der Waals surface area (Å²) < 4.78 is 11.7. The highest BCUT2D eigenvalue weighted by Gasteiger charge is 2.26. The van der Waals surface area contributed by atoms with Crippen LogP contribution in [0.3, 0.4) is 0 Å². The molecular formula is C24H29BrN2O4. The lowest BCUT2D eigenvalue weighted by atomic mass is 10.1. The number of fused-ring (bicyclic) bond motifs is 1. The van der Waals surface area contributed by atoms with E-state index in [9.17, 15) is 9.59 Å². The maximum Gasteiger partial charge on any atom is 0.242 e. The molecular weight excluding hydrogens is 460 g/mol. The van der Waals surface area contributed by atoms with Gasteiger partial charge in [0.15, 0.2) is 11.5 Å². The molecule has 1 aliphatic heterocycles. The Labute approximate surface area is 192 Å². The Balaban J connectivity index is 1.71. The second-order valence-electron chi connectivity index (χ2n) is 7.83. The average Bonchev–Trinajstić information content (AvgIpc) is 3.24. The number of ether oxygens (including phenoxy) is 2. The standard InChI is InChI=1S/C24H29BrN2O4/c1-4-16(2)26-24(29)17(3)27(14-19-5-9-20(25)10-6-19)23(28)12-8-18-7-11-21-22(13-18)31-15-30-21/h5-7,9-11,13,16-17H,4,8,12,14-15H2,1-3H3,(H,26,29). The maximum absolute atomic E-state index is 13.2. The molecule has 2 atom stereocenters. The smallest absolute Gasteiger partial charge is 0.242 e. The van der Waals surface area contributed by atoms with Crippen LogP contribution in [0.5, 0.6) is 11.5 Å². The number of nitrogens with one attached hydrogen (secondary N) is 1. The summed E-state index contributed by atoms with van der Waals surface area (Å²) >= 11 is 3.44. The van der Waals surface area contributed by atoms with Crippen molar-refractivity contribution in [2.75, 3.05) is 6.79 Å². The zero-order valence-electron chi connectivity index (χ0n) is 18.2. The van der Waals surface area contributed by atoms with E-state index >= 15 is 0 Å². The maximum atomic E-state index is 13.2. The third-order valence-corrected chi connectivity index (χ3v) is 6.03. The predicted molar refractivity (Wildman–Crippen MR) is 123 cm³/mol. The first-order valence-electron chi connectivity index (χ1n) is 10.6. The van der Waals surface area contributed by atoms with Crippen LogP contribution < -0.4 is 14.8 Å². The van der Waals surface area contributed by atoms with Gasteiger partial charge in [-0.3, -0.25) is 9.59 Å². The first kappa shape index (κ1) is 23.1. The molecule has 0 saturated carbocycles. The van der Waals surface area contributed by atoms with Crippen molar-refractivity contribution in [1.82, 2.24) is 10.2 Å². The number of benzene rings is 2. The van der Waals surface area contributed by atoms with E-state index in [1.54, 1.807) is 11.8 Å². The fraction of sp³-hybridized carbons (Fsp3) is 0.417. The minimum absolute atomic E-state index is 0.0626. The molecule has 6 nitrogen and oxygen atoms in total. The summed E-state index contributed by atoms with van der Waals surface area (Å²) in [5.41, 5.74) is 1.97. The van der Waals surface area contributed by atoms with E-state index in [-0.39, 0.29) is 24.6 Å². The number of nitrogens with zero attached hydrogens (tertiary/aromatic N) is 1. The number of rotatable bonds is 9. The molecule has 1 N–H and O–H groups in total. The Morgan fingerprint density at radius 3 is 2.45 bits per heavy atom. The van der Waals surface area contributed by atoms with Crippen LogP contribution in [0.25, 0.3) is 0 Å². The van der Waals surface area contributed by atoms with Gasteiger partial charge in [0.1, 0.15) is 6.04 Å². The van der Waals surface area contributed by atoms with Crippen LogP contribution in [0.15, 0.2) is 46.9 Å². The Hall–Kier alpha value is -2.54. The topological polar surface area (TPSA) is 67.9 Å². The molecule has 2 aromatic rings. The Kier molecular flexibility index (Phi) is 7.96. The van der Waals surface area contributed by atoms with Crippen molar-refractivity contribution in [2.45, 2.75) is 58.7 Å². The minimum atomic E-state index is -0.568. The molecule has 2 unspecified atom stereocenters. The van der Waals surface area contributed by atoms with E-state index in [4.69, 9.17) is 9.47 Å². The van der Waals surface area contributed by atoms with Gasteiger partial charge in [0.2, 0.25) is 18.6 Å². The number of aryl methyl sites for hydroxylation is 1. The van der Waals surface area contributed by atoms with Gasteiger partial charge in [-0.05, 0) is 62.1 Å². The summed E-state index contributed by atoms with van der Waals surface area (Å²) in [6.45, 7) is 6.37. The van der Waals surface area contributed by atoms with Crippen molar-refractivity contribution in [3.63, 3.8) is 0 Å². The number of hydrogen-bond acceptors (Lipinski definition) is 4. The third kappa shape index (κ3) is 6.23. The molecule has 0 aromatic heterocycles. The number of amides is 2. The monoisotopic (exact) mass is 488 g/mol. The van der Waals surface area contributed by atoms with E-state index in [2.05, 4.69) is 21.2 Å². The summed E-state index contributed by atoms with van der Waals surface area (Å²) in [4.78, 5) is 27.6. The molecule has 7 heteroatoms. The van der Waals surface area contributed by atoms with Crippen LogP contribution in [0.1, 0.15) is 44.7 Å². The number of carbonyl (C=O) groups is 2. The number of hydrogen-bond donors (Lipinski definition) is 1. The molecule has 166 valence electrons. The Morgan fingerprint density at radius 1 is 1.06 bits per heavy atom. The Morgan fingerprint density at radius 2 is 1.74 bits per heavy atom. The molecule has 0 aliphatic carbocycles. The van der Waals surface area contributed by atoms with Crippen LogP contribution in [-0.4, -0.2) is 35.6 Å². The van der Waals surface area contributed by atoms with Crippen LogP contribution in [0.4, 0.5) is 0 Å². The predicted octanol–water partition coefficient (Wildman–Crippen LogP) is 4.44. The van der Waals surface area contributed by atoms with Crippen LogP contribution in [0, 0.1) is 0 Å². The van der Waals surface area contributed by atoms with Gasteiger partial charge in [-0.1, -0.05) is 41.1 Å². The van der Waals surface area contributed by atoms with Gasteiger partial charge in [-0.25, -0.2) is 0 Å². The highest BCUT2D eigenvalue weighted by atomic mass is 79.9. The van der Waals surface area contributed by atoms with Gasteiger partial charge in [0.25, 0.3) is 0 Å². The van der Waals surface area contributed by atoms with Crippen molar-refractivity contribution < 1.29 is 19.1 Å². The highest BCUT2D eigenvalue weighted by Crippen LogP contribution is 2.32. The summed E-state index contributed by atoms with van der Waals surface area (Å²) in [7, 11) is 0. The molecule has 0 saturated heterocycles. The van der Waals surface area contributed by atoms with E-state index in [1.807, 2.05) is 56.3 Å². The molecule has 3 rings (SSSR count). The summed E-state index contributed by atoms with van der Waals surface area (Å²) in [6, 6.07) is 13.0. The van der Waals surface area contributed by atoms with Gasteiger partial charge in [0, 0.05) is 23.5 Å². The summed E-state index contributed by atoms with van der Waals surface area (Å²) in [5.74, 6) is 1.23. The quantitative estimate of drug-likeness (QED) is 0.566. The Bertz CT molecular complexity index is 916. The van der Waals surface area contributed by atoms with Crippen molar-refractivity contribution in [1.29, 1.82) is 0 Å². The summed E-state index contributed by atoms with van der Waals surface area (Å²) in [6.07, 6.45) is 1.70. The molecule has 0 fully saturated rings. The van der Waals surface area contributed by atoms with Gasteiger partial charge in [-0.15, -0.1) is 0 Å². The fourth-order valence-corrected chi connectivity index (χ4v) is 3.59. The van der Waals surface area contributed by atoms with E-state index in [0.717, 1.165) is 27.8 Å². The number of carbonyl (C=O) groups excluding carboxylic acids is 2. The minimum Gasteiger partial charge on any atom is -0.454 e. The molecule has 2 amide bonds. The lowest BCUT2D eigenvalue weighted by Gasteiger charge is -2.30. The highest BCUT2D eigenvalue weighted by molar-refractivity contribution is 9.10. The van der Waals surface area contributed by atoms with E-state index in [0.29, 0.717) is 25.1 Å². The second kappa shape index (κ2) is 10.7. The number of halogens is 1. The van der Waals surface area contributed by atoms with Crippen molar-refractivity contribution in [3.8, 4) is 11.5 Å². The van der Waals surface area contributed by atoms with Crippen LogP contribution in [0.2, 0.25) is 0 Å². The molecule has 1 aliphatic rings. The van der Waals surface area contributed by atoms with Gasteiger partial charge in [-0.2, -0.15) is 0 Å². The van der Waals surface area contributed by atoms with E-state index < -0.39 is 6.04 Å². The molecule has 0 spiro atoms. The fourth-order valence-electron chi connectivity index (χ4n) is 3.33.